The van der Waals surface area contributed by atoms with E-state index < -0.39 is 0 Å². The average molecular weight is 190 g/mol. The third-order valence-electron chi connectivity index (χ3n) is 2.85. The number of anilines is 1. The van der Waals surface area contributed by atoms with E-state index in [-0.39, 0.29) is 0 Å². The molecule has 1 N–H and O–H groups in total. The Balaban J connectivity index is 1.92. The van der Waals surface area contributed by atoms with E-state index in [0.29, 0.717) is 6.04 Å². The zero-order valence-corrected chi connectivity index (χ0v) is 8.74. The fraction of sp³-hybridized carbons (Fsp3) is 0.500. The summed E-state index contributed by atoms with van der Waals surface area (Å²) < 4.78 is 0. The lowest BCUT2D eigenvalue weighted by Crippen LogP contribution is -2.35. The molecule has 1 heterocycles. The number of nitrogens with zero attached hydrogens (tertiary/aromatic N) is 1. The molecule has 0 aliphatic carbocycles. The van der Waals surface area contributed by atoms with Crippen LogP contribution in [0.25, 0.3) is 0 Å². The topological polar surface area (TPSA) is 15.3 Å². The van der Waals surface area contributed by atoms with Crippen LogP contribution >= 0.6 is 0 Å². The summed E-state index contributed by atoms with van der Waals surface area (Å²) in [4.78, 5) is 2.32. The van der Waals surface area contributed by atoms with E-state index in [4.69, 9.17) is 0 Å². The predicted molar refractivity (Wildman–Crippen MR) is 60.7 cm³/mol. The number of hydrogen-bond acceptors (Lipinski definition) is 2. The highest BCUT2D eigenvalue weighted by Crippen LogP contribution is 2.13. The van der Waals surface area contributed by atoms with E-state index >= 15 is 0 Å². The molecule has 1 fully saturated rings. The fourth-order valence-electron chi connectivity index (χ4n) is 2.03. The van der Waals surface area contributed by atoms with Crippen molar-refractivity contribution in [3.8, 4) is 0 Å². The molecule has 1 aliphatic heterocycles. The molecule has 1 aromatic carbocycles. The highest BCUT2D eigenvalue weighted by atomic mass is 15.1. The van der Waals surface area contributed by atoms with E-state index in [9.17, 15) is 0 Å². The molecular weight excluding hydrogens is 172 g/mol. The molecule has 76 valence electrons. The molecule has 2 rings (SSSR count). The largest absolute Gasteiger partial charge is 0.373 e. The number of likely N-dealkylation sites (N-methyl/N-ethyl adjacent to an activating group) is 1. The van der Waals surface area contributed by atoms with Gasteiger partial charge in [0.2, 0.25) is 0 Å². The van der Waals surface area contributed by atoms with Gasteiger partial charge >= 0.3 is 0 Å². The van der Waals surface area contributed by atoms with Gasteiger partial charge in [-0.15, -0.1) is 0 Å². The zero-order valence-electron chi connectivity index (χ0n) is 8.74. The number of hydrogen-bond donors (Lipinski definition) is 1. The smallest absolute Gasteiger partial charge is 0.0364 e. The maximum atomic E-state index is 3.52. The molecule has 0 bridgehead atoms. The molecule has 1 aromatic rings. The van der Waals surface area contributed by atoms with Crippen LogP contribution in [-0.4, -0.2) is 26.2 Å². The van der Waals surface area contributed by atoms with Gasteiger partial charge in [0.25, 0.3) is 0 Å². The Bertz CT molecular complexity index is 265. The van der Waals surface area contributed by atoms with Crippen molar-refractivity contribution in [1.82, 2.24) is 5.32 Å². The SMILES string of the molecule is CN(C[C@H]1CCCN1)c1ccccc1. The van der Waals surface area contributed by atoms with Gasteiger partial charge in [-0.25, -0.2) is 0 Å². The van der Waals surface area contributed by atoms with Crippen molar-refractivity contribution >= 4 is 5.69 Å². The van der Waals surface area contributed by atoms with Crippen molar-refractivity contribution < 1.29 is 0 Å². The molecule has 1 aliphatic rings. The first-order valence-electron chi connectivity index (χ1n) is 5.36. The van der Waals surface area contributed by atoms with Gasteiger partial charge in [0.05, 0.1) is 0 Å². The van der Waals surface area contributed by atoms with Gasteiger partial charge in [-0.2, -0.15) is 0 Å². The van der Waals surface area contributed by atoms with Gasteiger partial charge in [0, 0.05) is 25.3 Å². The molecule has 0 radical (unpaired) electrons. The summed E-state index contributed by atoms with van der Waals surface area (Å²) in [5.74, 6) is 0. The van der Waals surface area contributed by atoms with Crippen LogP contribution in [0.1, 0.15) is 12.8 Å². The monoisotopic (exact) mass is 190 g/mol. The lowest BCUT2D eigenvalue weighted by atomic mass is 10.2. The Hall–Kier alpha value is -1.02. The van der Waals surface area contributed by atoms with Crippen LogP contribution in [0.4, 0.5) is 5.69 Å². The van der Waals surface area contributed by atoms with Crippen molar-refractivity contribution in [2.45, 2.75) is 18.9 Å². The second-order valence-corrected chi connectivity index (χ2v) is 4.01. The lowest BCUT2D eigenvalue weighted by Gasteiger charge is -2.23. The van der Waals surface area contributed by atoms with Gasteiger partial charge in [-0.1, -0.05) is 18.2 Å². The summed E-state index contributed by atoms with van der Waals surface area (Å²) in [6, 6.07) is 11.2. The van der Waals surface area contributed by atoms with Gasteiger partial charge < -0.3 is 10.2 Å². The van der Waals surface area contributed by atoms with Crippen molar-refractivity contribution in [3.63, 3.8) is 0 Å². The first kappa shape index (κ1) is 9.53. The minimum Gasteiger partial charge on any atom is -0.373 e. The van der Waals surface area contributed by atoms with Crippen LogP contribution in [0.5, 0.6) is 0 Å². The van der Waals surface area contributed by atoms with Crippen LogP contribution in [0, 0.1) is 0 Å². The third-order valence-corrected chi connectivity index (χ3v) is 2.85. The fourth-order valence-corrected chi connectivity index (χ4v) is 2.03. The van der Waals surface area contributed by atoms with Crippen LogP contribution in [0.2, 0.25) is 0 Å². The van der Waals surface area contributed by atoms with E-state index in [0.717, 1.165) is 6.54 Å². The minimum atomic E-state index is 0.681. The van der Waals surface area contributed by atoms with Crippen molar-refractivity contribution in [1.29, 1.82) is 0 Å². The number of para-hydroxylation sites is 1. The van der Waals surface area contributed by atoms with E-state index in [1.165, 1.54) is 25.1 Å². The first-order chi connectivity index (χ1) is 6.86. The molecule has 1 saturated heterocycles. The van der Waals surface area contributed by atoms with Crippen LogP contribution in [0.3, 0.4) is 0 Å². The molecule has 2 nitrogen and oxygen atoms in total. The highest BCUT2D eigenvalue weighted by molar-refractivity contribution is 5.45. The molecule has 1 atom stereocenters. The van der Waals surface area contributed by atoms with Gasteiger partial charge in [-0.05, 0) is 31.5 Å². The average Bonchev–Trinajstić information content (AvgIpc) is 2.72. The Kier molecular flexibility index (Phi) is 3.04. The first-order valence-corrected chi connectivity index (χ1v) is 5.36. The second kappa shape index (κ2) is 4.47. The Morgan fingerprint density at radius 3 is 2.79 bits per heavy atom. The van der Waals surface area contributed by atoms with E-state index in [1.54, 1.807) is 0 Å². The van der Waals surface area contributed by atoms with Crippen molar-refractivity contribution in [2.24, 2.45) is 0 Å². The molecule has 14 heavy (non-hydrogen) atoms. The molecular formula is C12H18N2. The summed E-state index contributed by atoms with van der Waals surface area (Å²) in [6.45, 7) is 2.30. The summed E-state index contributed by atoms with van der Waals surface area (Å²) in [5, 5.41) is 3.52. The summed E-state index contributed by atoms with van der Waals surface area (Å²) in [5.41, 5.74) is 1.31. The molecule has 0 amide bonds. The molecule has 0 aromatic heterocycles. The van der Waals surface area contributed by atoms with E-state index in [1.807, 2.05) is 0 Å². The Labute approximate surface area is 85.9 Å². The zero-order chi connectivity index (χ0) is 9.80. The van der Waals surface area contributed by atoms with E-state index in [2.05, 4.69) is 47.6 Å². The Morgan fingerprint density at radius 1 is 1.36 bits per heavy atom. The maximum Gasteiger partial charge on any atom is 0.0364 e. The molecule has 0 unspecified atom stereocenters. The van der Waals surface area contributed by atoms with Crippen molar-refractivity contribution in [2.75, 3.05) is 25.0 Å². The summed E-state index contributed by atoms with van der Waals surface area (Å²) in [6.07, 6.45) is 2.64. The van der Waals surface area contributed by atoms with Crippen LogP contribution in [0.15, 0.2) is 30.3 Å². The normalized spacial score (nSPS) is 21.1. The summed E-state index contributed by atoms with van der Waals surface area (Å²) >= 11 is 0. The quantitative estimate of drug-likeness (QED) is 0.783. The lowest BCUT2D eigenvalue weighted by molar-refractivity contribution is 0.600. The minimum absolute atomic E-state index is 0.681. The molecule has 0 spiro atoms. The van der Waals surface area contributed by atoms with Crippen LogP contribution in [-0.2, 0) is 0 Å². The standard InChI is InChI=1S/C12H18N2/c1-14(10-11-6-5-9-13-11)12-7-3-2-4-8-12/h2-4,7-8,11,13H,5-6,9-10H2,1H3/t11-/m1/s1. The Morgan fingerprint density at radius 2 is 2.14 bits per heavy atom. The highest BCUT2D eigenvalue weighted by Gasteiger charge is 2.15. The van der Waals surface area contributed by atoms with Crippen LogP contribution < -0.4 is 10.2 Å². The predicted octanol–water partition coefficient (Wildman–Crippen LogP) is 1.87. The maximum absolute atomic E-state index is 3.52. The van der Waals surface area contributed by atoms with Crippen molar-refractivity contribution in [3.05, 3.63) is 30.3 Å². The molecule has 0 saturated carbocycles. The third kappa shape index (κ3) is 2.26. The number of benzene rings is 1. The van der Waals surface area contributed by atoms with Gasteiger partial charge in [-0.3, -0.25) is 0 Å². The molecule has 2 heteroatoms. The number of rotatable bonds is 3. The summed E-state index contributed by atoms with van der Waals surface area (Å²) in [7, 11) is 2.16. The number of nitrogens with one attached hydrogen (secondary N) is 1. The second-order valence-electron chi connectivity index (χ2n) is 4.01. The van der Waals surface area contributed by atoms with Gasteiger partial charge in [0.15, 0.2) is 0 Å². The van der Waals surface area contributed by atoms with Gasteiger partial charge in [0.1, 0.15) is 0 Å².